The zero-order valence-corrected chi connectivity index (χ0v) is 8.19. The first-order valence-corrected chi connectivity index (χ1v) is 4.61. The van der Waals surface area contributed by atoms with E-state index in [1.165, 1.54) is 0 Å². The van der Waals surface area contributed by atoms with Gasteiger partial charge >= 0.3 is 5.82 Å². The topological polar surface area (TPSA) is 90.1 Å². The molecule has 0 bridgehead atoms. The third kappa shape index (κ3) is 1.56. The second-order valence-electron chi connectivity index (χ2n) is 3.39. The molecule has 80 valence electrons. The maximum atomic E-state index is 11.3. The average Bonchev–Trinajstić information content (AvgIpc) is 2.36. The monoisotopic (exact) mass is 210 g/mol. The molecule has 7 heteroatoms. The standard InChI is InChI=1S/C8H10N4O3/c1-5-9-8(12(14)15)7-10-6(13)3-2-4-11(5)7/h2-4H2,1H3,(H,10,13). The van der Waals surface area contributed by atoms with E-state index in [9.17, 15) is 14.9 Å². The minimum Gasteiger partial charge on any atom is -0.358 e. The van der Waals surface area contributed by atoms with Crippen molar-refractivity contribution in [3.63, 3.8) is 0 Å². The van der Waals surface area contributed by atoms with E-state index in [-0.39, 0.29) is 17.5 Å². The number of hydrogen-bond donors (Lipinski definition) is 1. The van der Waals surface area contributed by atoms with Gasteiger partial charge in [0.05, 0.1) is 0 Å². The highest BCUT2D eigenvalue weighted by Gasteiger charge is 2.28. The van der Waals surface area contributed by atoms with Gasteiger partial charge in [0, 0.05) is 19.9 Å². The average molecular weight is 210 g/mol. The summed E-state index contributed by atoms with van der Waals surface area (Å²) in [5.74, 6) is 0.290. The van der Waals surface area contributed by atoms with Gasteiger partial charge in [-0.25, -0.2) is 0 Å². The highest BCUT2D eigenvalue weighted by molar-refractivity contribution is 5.92. The number of fused-ring (bicyclic) bond motifs is 1. The molecular formula is C8H10N4O3. The number of nitro groups is 1. The van der Waals surface area contributed by atoms with Crippen LogP contribution in [0.3, 0.4) is 0 Å². The zero-order chi connectivity index (χ0) is 11.0. The van der Waals surface area contributed by atoms with E-state index >= 15 is 0 Å². The smallest absolute Gasteiger partial charge is 0.358 e. The number of imidazole rings is 1. The van der Waals surface area contributed by atoms with Gasteiger partial charge in [0.1, 0.15) is 0 Å². The fourth-order valence-corrected chi connectivity index (χ4v) is 1.67. The van der Waals surface area contributed by atoms with Crippen LogP contribution < -0.4 is 5.32 Å². The summed E-state index contributed by atoms with van der Waals surface area (Å²) < 4.78 is 1.67. The molecule has 2 rings (SSSR count). The van der Waals surface area contributed by atoms with Crippen molar-refractivity contribution in [2.24, 2.45) is 0 Å². The van der Waals surface area contributed by atoms with Crippen molar-refractivity contribution in [3.05, 3.63) is 15.9 Å². The molecule has 0 unspecified atom stereocenters. The Hall–Kier alpha value is -1.92. The van der Waals surface area contributed by atoms with E-state index in [1.54, 1.807) is 11.5 Å². The predicted octanol–water partition coefficient (Wildman–Crippen LogP) is 0.832. The number of aryl methyl sites for hydroxylation is 1. The molecule has 0 atom stereocenters. The summed E-state index contributed by atoms with van der Waals surface area (Å²) >= 11 is 0. The first-order chi connectivity index (χ1) is 7.09. The predicted molar refractivity (Wildman–Crippen MR) is 51.5 cm³/mol. The molecule has 1 N–H and O–H groups in total. The van der Waals surface area contributed by atoms with Crippen LogP contribution in [0, 0.1) is 17.0 Å². The van der Waals surface area contributed by atoms with Crippen molar-refractivity contribution < 1.29 is 9.72 Å². The number of hydrogen-bond acceptors (Lipinski definition) is 4. The summed E-state index contributed by atoms with van der Waals surface area (Å²) in [5.41, 5.74) is 0. The second kappa shape index (κ2) is 3.34. The Morgan fingerprint density at radius 2 is 2.33 bits per heavy atom. The minimum absolute atomic E-state index is 0.197. The van der Waals surface area contributed by atoms with Gasteiger partial charge in [-0.1, -0.05) is 0 Å². The Morgan fingerprint density at radius 1 is 1.60 bits per heavy atom. The fourth-order valence-electron chi connectivity index (χ4n) is 1.67. The first-order valence-electron chi connectivity index (χ1n) is 4.61. The molecule has 1 aromatic rings. The van der Waals surface area contributed by atoms with Crippen LogP contribution >= 0.6 is 0 Å². The Balaban J connectivity index is 2.53. The van der Waals surface area contributed by atoms with Crippen LogP contribution in [0.5, 0.6) is 0 Å². The second-order valence-corrected chi connectivity index (χ2v) is 3.39. The van der Waals surface area contributed by atoms with Crippen molar-refractivity contribution in [1.82, 2.24) is 9.55 Å². The third-order valence-corrected chi connectivity index (χ3v) is 2.36. The highest BCUT2D eigenvalue weighted by Crippen LogP contribution is 2.27. The van der Waals surface area contributed by atoms with Crippen molar-refractivity contribution in [2.75, 3.05) is 5.32 Å². The summed E-state index contributed by atoms with van der Waals surface area (Å²) in [6.45, 7) is 2.27. The molecule has 0 radical (unpaired) electrons. The van der Waals surface area contributed by atoms with Crippen molar-refractivity contribution >= 4 is 17.5 Å². The number of nitrogens with zero attached hydrogens (tertiary/aromatic N) is 3. The van der Waals surface area contributed by atoms with Gasteiger partial charge in [-0.05, 0) is 16.3 Å². The minimum atomic E-state index is -0.579. The van der Waals surface area contributed by atoms with E-state index in [4.69, 9.17) is 0 Å². The van der Waals surface area contributed by atoms with Crippen LogP contribution in [0.2, 0.25) is 0 Å². The van der Waals surface area contributed by atoms with E-state index in [0.29, 0.717) is 25.2 Å². The lowest BCUT2D eigenvalue weighted by molar-refractivity contribution is -0.388. The van der Waals surface area contributed by atoms with E-state index in [0.717, 1.165) is 0 Å². The van der Waals surface area contributed by atoms with E-state index in [1.807, 2.05) is 0 Å². The number of carbonyl (C=O) groups excluding carboxylic acids is 1. The van der Waals surface area contributed by atoms with Crippen LogP contribution in [0.1, 0.15) is 18.7 Å². The molecule has 0 fully saturated rings. The molecule has 1 amide bonds. The first kappa shape index (κ1) is 9.63. The summed E-state index contributed by atoms with van der Waals surface area (Å²) in [6, 6.07) is 0. The molecule has 1 aliphatic rings. The lowest BCUT2D eigenvalue weighted by atomic mass is 10.3. The molecule has 15 heavy (non-hydrogen) atoms. The lowest BCUT2D eigenvalue weighted by Gasteiger charge is -2.02. The molecule has 0 aliphatic carbocycles. The van der Waals surface area contributed by atoms with Crippen LogP contribution in [0.25, 0.3) is 0 Å². The van der Waals surface area contributed by atoms with Gasteiger partial charge in [-0.15, -0.1) is 0 Å². The normalized spacial score (nSPS) is 15.4. The summed E-state index contributed by atoms with van der Waals surface area (Å²) in [7, 11) is 0. The molecule has 1 aliphatic heterocycles. The Labute approximate surface area is 85.3 Å². The number of rotatable bonds is 1. The molecule has 1 aromatic heterocycles. The Bertz CT molecular complexity index is 437. The van der Waals surface area contributed by atoms with Crippen LogP contribution in [0.15, 0.2) is 0 Å². The Morgan fingerprint density at radius 3 is 3.00 bits per heavy atom. The number of amides is 1. The Kier molecular flexibility index (Phi) is 2.14. The van der Waals surface area contributed by atoms with Crippen LogP contribution in [-0.4, -0.2) is 20.4 Å². The molecule has 0 aromatic carbocycles. The highest BCUT2D eigenvalue weighted by atomic mass is 16.6. The zero-order valence-electron chi connectivity index (χ0n) is 8.19. The number of anilines is 1. The lowest BCUT2D eigenvalue weighted by Crippen LogP contribution is -2.11. The number of aromatic nitrogens is 2. The van der Waals surface area contributed by atoms with Crippen LogP contribution in [-0.2, 0) is 11.3 Å². The van der Waals surface area contributed by atoms with Gasteiger partial charge in [0.2, 0.25) is 17.5 Å². The van der Waals surface area contributed by atoms with E-state index < -0.39 is 4.92 Å². The van der Waals surface area contributed by atoms with Gasteiger partial charge in [0.15, 0.2) is 0 Å². The maximum absolute atomic E-state index is 11.3. The van der Waals surface area contributed by atoms with Gasteiger partial charge in [0.25, 0.3) is 0 Å². The molecule has 0 saturated heterocycles. The molecule has 0 spiro atoms. The third-order valence-electron chi connectivity index (χ3n) is 2.36. The maximum Gasteiger partial charge on any atom is 0.407 e. The van der Waals surface area contributed by atoms with E-state index in [2.05, 4.69) is 10.3 Å². The molecular weight excluding hydrogens is 200 g/mol. The summed E-state index contributed by atoms with van der Waals surface area (Å²) in [6.07, 6.45) is 1.06. The molecule has 0 saturated carbocycles. The fraction of sp³-hybridized carbons (Fsp3) is 0.500. The largest absolute Gasteiger partial charge is 0.407 e. The van der Waals surface area contributed by atoms with Crippen LogP contribution in [0.4, 0.5) is 11.6 Å². The summed E-state index contributed by atoms with van der Waals surface area (Å²) in [4.78, 5) is 25.2. The van der Waals surface area contributed by atoms with Gasteiger partial charge < -0.3 is 15.4 Å². The van der Waals surface area contributed by atoms with Gasteiger partial charge in [-0.2, -0.15) is 0 Å². The van der Waals surface area contributed by atoms with Crippen molar-refractivity contribution in [3.8, 4) is 0 Å². The molecule has 2 heterocycles. The quantitative estimate of drug-likeness (QED) is 0.549. The number of nitrogens with one attached hydrogen (secondary N) is 1. The van der Waals surface area contributed by atoms with Gasteiger partial charge in [-0.3, -0.25) is 9.36 Å². The number of carbonyl (C=O) groups is 1. The summed E-state index contributed by atoms with van der Waals surface area (Å²) in [5, 5.41) is 13.2. The van der Waals surface area contributed by atoms with Crippen molar-refractivity contribution in [1.29, 1.82) is 0 Å². The van der Waals surface area contributed by atoms with Crippen molar-refractivity contribution in [2.45, 2.75) is 26.3 Å². The SMILES string of the molecule is Cc1nc([N+](=O)[O-])c2n1CCCC(=O)N2. The molecule has 7 nitrogen and oxygen atoms in total.